The number of aliphatic hydroxyl groups excluding tert-OH is 2. The molecule has 0 aliphatic rings. The maximum atomic E-state index is 10.3. The number of allylic oxidation sites excluding steroid dienone is 7. The van der Waals surface area contributed by atoms with Gasteiger partial charge in [0.05, 0.1) is 12.2 Å². The summed E-state index contributed by atoms with van der Waals surface area (Å²) < 4.78 is 0. The predicted molar refractivity (Wildman–Crippen MR) is 108 cm³/mol. The maximum Gasteiger partial charge on any atom is 0.303 e. The Morgan fingerprint density at radius 2 is 1.54 bits per heavy atom. The van der Waals surface area contributed by atoms with Gasteiger partial charge in [0.1, 0.15) is 0 Å². The van der Waals surface area contributed by atoms with Crippen LogP contribution in [-0.4, -0.2) is 33.5 Å². The van der Waals surface area contributed by atoms with Gasteiger partial charge in [-0.2, -0.15) is 0 Å². The quantitative estimate of drug-likeness (QED) is 0.224. The summed E-state index contributed by atoms with van der Waals surface area (Å²) in [6.07, 6.45) is 23.7. The van der Waals surface area contributed by atoms with E-state index in [0.717, 1.165) is 32.1 Å². The minimum Gasteiger partial charge on any atom is -0.481 e. The van der Waals surface area contributed by atoms with Crippen LogP contribution in [0.3, 0.4) is 0 Å². The molecule has 0 aromatic rings. The molecule has 4 nitrogen and oxygen atoms in total. The summed E-state index contributed by atoms with van der Waals surface area (Å²) in [7, 11) is 0. The van der Waals surface area contributed by atoms with Crippen molar-refractivity contribution in [2.45, 2.75) is 70.5 Å². The zero-order chi connectivity index (χ0) is 19.5. The monoisotopic (exact) mass is 362 g/mol. The number of carboxylic acid groups (broad SMARTS) is 1. The first-order valence-corrected chi connectivity index (χ1v) is 9.45. The van der Waals surface area contributed by atoms with Gasteiger partial charge in [-0.05, 0) is 25.7 Å². The normalized spacial score (nSPS) is 15.2. The third-order valence-corrected chi connectivity index (χ3v) is 3.61. The van der Waals surface area contributed by atoms with E-state index in [1.54, 1.807) is 24.3 Å². The standard InChI is InChI=1S/C22H34O4/c1-2-3-10-15-20(23)16-11-7-5-4-6-8-12-17-21(24)18-13-9-14-19-22(25)26/h5-9,11-13,16-17,20-21,23-24H,2-4,10,14-15,18-19H2,1H3,(H,25,26)/b7-5-,8-6-,13-9-,16-11+,17-12+. The van der Waals surface area contributed by atoms with Gasteiger partial charge < -0.3 is 15.3 Å². The fourth-order valence-corrected chi connectivity index (χ4v) is 2.12. The van der Waals surface area contributed by atoms with Crippen LogP contribution in [0.1, 0.15) is 58.3 Å². The molecule has 0 heterocycles. The zero-order valence-electron chi connectivity index (χ0n) is 15.8. The van der Waals surface area contributed by atoms with Crippen LogP contribution in [0.25, 0.3) is 0 Å². The van der Waals surface area contributed by atoms with Crippen molar-refractivity contribution < 1.29 is 20.1 Å². The number of hydrogen-bond donors (Lipinski definition) is 3. The average molecular weight is 363 g/mol. The second kappa shape index (κ2) is 17.9. The van der Waals surface area contributed by atoms with E-state index in [0.29, 0.717) is 12.8 Å². The summed E-state index contributed by atoms with van der Waals surface area (Å²) in [6, 6.07) is 0. The lowest BCUT2D eigenvalue weighted by Gasteiger charge is -2.02. The molecule has 0 saturated heterocycles. The molecule has 0 spiro atoms. The van der Waals surface area contributed by atoms with Crippen LogP contribution in [0.15, 0.2) is 60.8 Å². The molecule has 0 aliphatic heterocycles. The number of unbranched alkanes of at least 4 members (excludes halogenated alkanes) is 2. The zero-order valence-corrected chi connectivity index (χ0v) is 15.8. The molecule has 0 radical (unpaired) electrons. The molecule has 0 rings (SSSR count). The van der Waals surface area contributed by atoms with Gasteiger partial charge in [-0.1, -0.05) is 86.9 Å². The van der Waals surface area contributed by atoms with Crippen molar-refractivity contribution in [3.05, 3.63) is 60.8 Å². The number of hydrogen-bond acceptors (Lipinski definition) is 3. The lowest BCUT2D eigenvalue weighted by atomic mass is 10.1. The lowest BCUT2D eigenvalue weighted by Crippen LogP contribution is -2.00. The molecular formula is C22H34O4. The fraction of sp³-hybridized carbons (Fsp3) is 0.500. The minimum atomic E-state index is -0.812. The van der Waals surface area contributed by atoms with Crippen LogP contribution < -0.4 is 0 Å². The summed E-state index contributed by atoms with van der Waals surface area (Å²) >= 11 is 0. The van der Waals surface area contributed by atoms with Crippen molar-refractivity contribution in [1.82, 2.24) is 0 Å². The Labute approximate surface area is 157 Å². The Bertz CT molecular complexity index is 486. The number of carboxylic acids is 1. The van der Waals surface area contributed by atoms with Gasteiger partial charge in [0, 0.05) is 6.42 Å². The van der Waals surface area contributed by atoms with E-state index in [-0.39, 0.29) is 12.5 Å². The molecule has 0 fully saturated rings. The van der Waals surface area contributed by atoms with Crippen molar-refractivity contribution in [3.8, 4) is 0 Å². The SMILES string of the molecule is CCCCCC(O)/C=C/C=C\C/C=C\C=C\C(O)C/C=C\CCC(=O)O. The number of carbonyl (C=O) groups is 1. The van der Waals surface area contributed by atoms with Crippen LogP contribution in [0, 0.1) is 0 Å². The maximum absolute atomic E-state index is 10.3. The molecule has 0 bridgehead atoms. The van der Waals surface area contributed by atoms with Gasteiger partial charge in [0.25, 0.3) is 0 Å². The highest BCUT2D eigenvalue weighted by Crippen LogP contribution is 2.04. The number of aliphatic carboxylic acids is 1. The number of aliphatic hydroxyl groups is 2. The van der Waals surface area contributed by atoms with Gasteiger partial charge in [0.2, 0.25) is 0 Å². The van der Waals surface area contributed by atoms with Crippen LogP contribution in [0.2, 0.25) is 0 Å². The first-order chi connectivity index (χ1) is 12.6. The highest BCUT2D eigenvalue weighted by Gasteiger charge is 1.96. The molecular weight excluding hydrogens is 328 g/mol. The Balaban J connectivity index is 3.80. The second-order valence-corrected chi connectivity index (χ2v) is 6.13. The Kier molecular flexibility index (Phi) is 16.6. The van der Waals surface area contributed by atoms with Gasteiger partial charge in [0.15, 0.2) is 0 Å². The highest BCUT2D eigenvalue weighted by atomic mass is 16.4. The lowest BCUT2D eigenvalue weighted by molar-refractivity contribution is -0.136. The average Bonchev–Trinajstić information content (AvgIpc) is 2.60. The largest absolute Gasteiger partial charge is 0.481 e. The highest BCUT2D eigenvalue weighted by molar-refractivity contribution is 5.66. The van der Waals surface area contributed by atoms with E-state index in [9.17, 15) is 15.0 Å². The van der Waals surface area contributed by atoms with Crippen molar-refractivity contribution in [2.24, 2.45) is 0 Å². The predicted octanol–water partition coefficient (Wildman–Crippen LogP) is 4.71. The Hall–Kier alpha value is -1.91. The minimum absolute atomic E-state index is 0.117. The molecule has 26 heavy (non-hydrogen) atoms. The molecule has 2 atom stereocenters. The first kappa shape index (κ1) is 24.1. The Morgan fingerprint density at radius 3 is 2.15 bits per heavy atom. The van der Waals surface area contributed by atoms with Gasteiger partial charge in [-0.25, -0.2) is 0 Å². The van der Waals surface area contributed by atoms with Crippen molar-refractivity contribution in [3.63, 3.8) is 0 Å². The van der Waals surface area contributed by atoms with Crippen LogP contribution in [0.4, 0.5) is 0 Å². The van der Waals surface area contributed by atoms with E-state index in [2.05, 4.69) is 6.92 Å². The van der Waals surface area contributed by atoms with Gasteiger partial charge >= 0.3 is 5.97 Å². The third-order valence-electron chi connectivity index (χ3n) is 3.61. The third kappa shape index (κ3) is 18.4. The van der Waals surface area contributed by atoms with Crippen LogP contribution in [0.5, 0.6) is 0 Å². The van der Waals surface area contributed by atoms with Crippen molar-refractivity contribution in [1.29, 1.82) is 0 Å². The smallest absolute Gasteiger partial charge is 0.303 e. The van der Waals surface area contributed by atoms with E-state index >= 15 is 0 Å². The van der Waals surface area contributed by atoms with E-state index in [1.807, 2.05) is 36.5 Å². The molecule has 0 aliphatic carbocycles. The van der Waals surface area contributed by atoms with Crippen molar-refractivity contribution >= 4 is 5.97 Å². The van der Waals surface area contributed by atoms with Crippen molar-refractivity contribution in [2.75, 3.05) is 0 Å². The first-order valence-electron chi connectivity index (χ1n) is 9.45. The van der Waals surface area contributed by atoms with E-state index in [4.69, 9.17) is 5.11 Å². The fourth-order valence-electron chi connectivity index (χ4n) is 2.12. The van der Waals surface area contributed by atoms with Crippen LogP contribution >= 0.6 is 0 Å². The van der Waals surface area contributed by atoms with Gasteiger partial charge in [-0.15, -0.1) is 0 Å². The molecule has 2 unspecified atom stereocenters. The molecule has 0 saturated carbocycles. The van der Waals surface area contributed by atoms with E-state index in [1.165, 1.54) is 0 Å². The number of rotatable bonds is 15. The molecule has 4 heteroatoms. The summed E-state index contributed by atoms with van der Waals surface area (Å²) in [4.78, 5) is 10.3. The summed E-state index contributed by atoms with van der Waals surface area (Å²) in [5.41, 5.74) is 0. The molecule has 0 amide bonds. The molecule has 0 aromatic carbocycles. The summed E-state index contributed by atoms with van der Waals surface area (Å²) in [5.74, 6) is -0.812. The van der Waals surface area contributed by atoms with Crippen LogP contribution in [-0.2, 0) is 4.79 Å². The molecule has 3 N–H and O–H groups in total. The summed E-state index contributed by atoms with van der Waals surface area (Å²) in [6.45, 7) is 2.15. The topological polar surface area (TPSA) is 77.8 Å². The molecule has 0 aromatic heterocycles. The van der Waals surface area contributed by atoms with E-state index < -0.39 is 12.1 Å². The van der Waals surface area contributed by atoms with Gasteiger partial charge in [-0.3, -0.25) is 4.79 Å². The molecule has 146 valence electrons. The summed E-state index contributed by atoms with van der Waals surface area (Å²) in [5, 5.41) is 27.9. The Morgan fingerprint density at radius 1 is 0.885 bits per heavy atom. The second-order valence-electron chi connectivity index (χ2n) is 6.13.